The molecule has 0 bridgehead atoms. The first-order chi connectivity index (χ1) is 6.29. The van der Waals surface area contributed by atoms with Crippen LogP contribution in [0.3, 0.4) is 0 Å². The minimum atomic E-state index is -0.471. The van der Waals surface area contributed by atoms with E-state index < -0.39 is 5.60 Å². The number of nitrogens with zero attached hydrogens (tertiary/aromatic N) is 1. The number of carbonyl (C=O) groups excluding carboxylic acids is 1. The van der Waals surface area contributed by atoms with E-state index in [4.69, 9.17) is 10.5 Å². The van der Waals surface area contributed by atoms with Gasteiger partial charge in [0.25, 0.3) is 0 Å². The fourth-order valence-electron chi connectivity index (χ4n) is 1.03. The monoisotopic (exact) mass is 196 g/mol. The molecular weight excluding hydrogens is 180 g/mol. The Morgan fingerprint density at radius 2 is 2.07 bits per heavy atom. The number of aryl methyl sites for hydroxylation is 1. The normalized spacial score (nSPS) is 11.4. The molecule has 0 saturated carbocycles. The van der Waals surface area contributed by atoms with Gasteiger partial charge in [-0.1, -0.05) is 0 Å². The van der Waals surface area contributed by atoms with Gasteiger partial charge in [0, 0.05) is 13.2 Å². The van der Waals surface area contributed by atoms with E-state index in [1.807, 2.05) is 20.8 Å². The van der Waals surface area contributed by atoms with Gasteiger partial charge in [-0.15, -0.1) is 0 Å². The summed E-state index contributed by atoms with van der Waals surface area (Å²) >= 11 is 0. The van der Waals surface area contributed by atoms with Crippen LogP contribution in [0.15, 0.2) is 12.3 Å². The maximum atomic E-state index is 11.5. The van der Waals surface area contributed by atoms with Crippen LogP contribution in [-0.2, 0) is 11.8 Å². The molecule has 0 aliphatic carbocycles. The number of anilines is 1. The molecule has 4 nitrogen and oxygen atoms in total. The molecule has 0 aliphatic heterocycles. The molecule has 14 heavy (non-hydrogen) atoms. The minimum absolute atomic E-state index is 0.343. The first-order valence-electron chi connectivity index (χ1n) is 4.45. The Bertz CT molecular complexity index is 328. The second kappa shape index (κ2) is 3.36. The molecule has 0 atom stereocenters. The summed E-state index contributed by atoms with van der Waals surface area (Å²) in [6, 6.07) is 1.61. The van der Waals surface area contributed by atoms with Gasteiger partial charge >= 0.3 is 5.97 Å². The van der Waals surface area contributed by atoms with E-state index >= 15 is 0 Å². The SMILES string of the molecule is Cn1cc(C(=O)OC(C)(C)C)cc1N. The Balaban J connectivity index is 2.80. The molecule has 78 valence electrons. The Labute approximate surface area is 83.7 Å². The zero-order valence-electron chi connectivity index (χ0n) is 9.00. The summed E-state index contributed by atoms with van der Waals surface area (Å²) in [5.74, 6) is 0.204. The summed E-state index contributed by atoms with van der Waals surface area (Å²) < 4.78 is 6.86. The van der Waals surface area contributed by atoms with Crippen LogP contribution in [0.25, 0.3) is 0 Å². The number of hydrogen-bond donors (Lipinski definition) is 1. The molecule has 0 unspecified atom stereocenters. The van der Waals surface area contributed by atoms with Crippen LogP contribution in [0.4, 0.5) is 5.82 Å². The molecule has 4 heteroatoms. The van der Waals surface area contributed by atoms with Crippen molar-refractivity contribution in [2.75, 3.05) is 5.73 Å². The van der Waals surface area contributed by atoms with E-state index in [0.717, 1.165) is 0 Å². The lowest BCUT2D eigenvalue weighted by molar-refractivity contribution is 0.00696. The third-order valence-corrected chi connectivity index (χ3v) is 1.68. The van der Waals surface area contributed by atoms with Crippen molar-refractivity contribution in [2.45, 2.75) is 26.4 Å². The molecule has 0 spiro atoms. The van der Waals surface area contributed by atoms with Gasteiger partial charge in [-0.05, 0) is 26.8 Å². The Kier molecular flexibility index (Phi) is 2.55. The number of nitrogen functional groups attached to an aromatic ring is 1. The number of hydrogen-bond acceptors (Lipinski definition) is 3. The smallest absolute Gasteiger partial charge is 0.340 e. The number of rotatable bonds is 1. The fourth-order valence-corrected chi connectivity index (χ4v) is 1.03. The molecule has 0 amide bonds. The summed E-state index contributed by atoms with van der Waals surface area (Å²) in [5.41, 5.74) is 5.61. The van der Waals surface area contributed by atoms with Crippen LogP contribution >= 0.6 is 0 Å². The highest BCUT2D eigenvalue weighted by atomic mass is 16.6. The van der Waals surface area contributed by atoms with Crippen molar-refractivity contribution in [2.24, 2.45) is 7.05 Å². The average Bonchev–Trinajstić information content (AvgIpc) is 2.28. The maximum Gasteiger partial charge on any atom is 0.340 e. The summed E-state index contributed by atoms with van der Waals surface area (Å²) in [5, 5.41) is 0. The third-order valence-electron chi connectivity index (χ3n) is 1.68. The van der Waals surface area contributed by atoms with E-state index in [1.54, 1.807) is 23.9 Å². The Hall–Kier alpha value is -1.45. The molecule has 1 rings (SSSR count). The standard InChI is InChI=1S/C10H16N2O2/c1-10(2,3)14-9(13)7-5-8(11)12(4)6-7/h5-6H,11H2,1-4H3. The zero-order valence-corrected chi connectivity index (χ0v) is 9.00. The molecule has 0 fully saturated rings. The predicted molar refractivity (Wildman–Crippen MR) is 55.0 cm³/mol. The molecule has 0 aliphatic rings. The lowest BCUT2D eigenvalue weighted by atomic mass is 10.2. The van der Waals surface area contributed by atoms with Crippen molar-refractivity contribution in [3.8, 4) is 0 Å². The van der Waals surface area contributed by atoms with Crippen molar-refractivity contribution >= 4 is 11.8 Å². The van der Waals surface area contributed by atoms with Gasteiger partial charge in [-0.3, -0.25) is 0 Å². The van der Waals surface area contributed by atoms with Crippen molar-refractivity contribution in [1.82, 2.24) is 4.57 Å². The largest absolute Gasteiger partial charge is 0.456 e. The summed E-state index contributed by atoms with van der Waals surface area (Å²) in [6.07, 6.45) is 1.66. The molecule has 0 aromatic carbocycles. The van der Waals surface area contributed by atoms with Crippen molar-refractivity contribution in [3.63, 3.8) is 0 Å². The molecule has 0 saturated heterocycles. The van der Waals surface area contributed by atoms with E-state index in [-0.39, 0.29) is 5.97 Å². The number of ether oxygens (including phenoxy) is 1. The first-order valence-corrected chi connectivity index (χ1v) is 4.45. The van der Waals surface area contributed by atoms with Crippen LogP contribution < -0.4 is 5.73 Å². The van der Waals surface area contributed by atoms with Crippen LogP contribution in [0, 0.1) is 0 Å². The van der Waals surface area contributed by atoms with E-state index in [9.17, 15) is 4.79 Å². The number of nitrogens with two attached hydrogens (primary N) is 1. The van der Waals surface area contributed by atoms with Gasteiger partial charge in [-0.2, -0.15) is 0 Å². The molecule has 1 heterocycles. The van der Waals surface area contributed by atoms with Crippen molar-refractivity contribution in [1.29, 1.82) is 0 Å². The second-order valence-electron chi connectivity index (χ2n) is 4.27. The van der Waals surface area contributed by atoms with Gasteiger partial charge in [0.1, 0.15) is 11.4 Å². The predicted octanol–water partition coefficient (Wildman–Crippen LogP) is 1.56. The van der Waals surface area contributed by atoms with Gasteiger partial charge in [0.05, 0.1) is 5.56 Å². The second-order valence-corrected chi connectivity index (χ2v) is 4.27. The molecule has 2 N–H and O–H groups in total. The number of aromatic nitrogens is 1. The van der Waals surface area contributed by atoms with Crippen LogP contribution in [0.1, 0.15) is 31.1 Å². The highest BCUT2D eigenvalue weighted by Gasteiger charge is 2.18. The Morgan fingerprint density at radius 3 is 2.43 bits per heavy atom. The van der Waals surface area contributed by atoms with Crippen molar-refractivity contribution in [3.05, 3.63) is 17.8 Å². The highest BCUT2D eigenvalue weighted by molar-refractivity contribution is 5.90. The molecule has 1 aromatic heterocycles. The Morgan fingerprint density at radius 1 is 1.50 bits per heavy atom. The van der Waals surface area contributed by atoms with E-state index in [1.165, 1.54) is 0 Å². The average molecular weight is 196 g/mol. The highest BCUT2D eigenvalue weighted by Crippen LogP contribution is 2.14. The van der Waals surface area contributed by atoms with E-state index in [2.05, 4.69) is 0 Å². The summed E-state index contributed by atoms with van der Waals surface area (Å²) in [4.78, 5) is 11.5. The maximum absolute atomic E-state index is 11.5. The summed E-state index contributed by atoms with van der Waals surface area (Å²) in [7, 11) is 1.78. The number of esters is 1. The number of carbonyl (C=O) groups is 1. The molecule has 0 radical (unpaired) electrons. The minimum Gasteiger partial charge on any atom is -0.456 e. The molecular formula is C10H16N2O2. The van der Waals surface area contributed by atoms with Gasteiger partial charge in [0.15, 0.2) is 0 Å². The molecule has 1 aromatic rings. The lowest BCUT2D eigenvalue weighted by Crippen LogP contribution is -2.23. The quantitative estimate of drug-likeness (QED) is 0.693. The van der Waals surface area contributed by atoms with Crippen LogP contribution in [-0.4, -0.2) is 16.1 Å². The third kappa shape index (κ3) is 2.52. The lowest BCUT2D eigenvalue weighted by Gasteiger charge is -2.18. The zero-order chi connectivity index (χ0) is 10.9. The summed E-state index contributed by atoms with van der Waals surface area (Å²) in [6.45, 7) is 5.49. The first kappa shape index (κ1) is 10.6. The van der Waals surface area contributed by atoms with Crippen molar-refractivity contribution < 1.29 is 9.53 Å². The topological polar surface area (TPSA) is 57.2 Å². The fraction of sp³-hybridized carbons (Fsp3) is 0.500. The van der Waals surface area contributed by atoms with Gasteiger partial charge in [-0.25, -0.2) is 4.79 Å². The van der Waals surface area contributed by atoms with Gasteiger partial charge in [0.2, 0.25) is 0 Å². The van der Waals surface area contributed by atoms with Crippen LogP contribution in [0.5, 0.6) is 0 Å². The van der Waals surface area contributed by atoms with E-state index in [0.29, 0.717) is 11.4 Å². The van der Waals surface area contributed by atoms with Gasteiger partial charge < -0.3 is 15.0 Å². The van der Waals surface area contributed by atoms with Crippen LogP contribution in [0.2, 0.25) is 0 Å².